The fourth-order valence-electron chi connectivity index (χ4n) is 3.32. The number of nitrogens with one attached hydrogen (secondary N) is 1. The van der Waals surface area contributed by atoms with Crippen molar-refractivity contribution in [3.8, 4) is 0 Å². The van der Waals surface area contributed by atoms with Gasteiger partial charge in [0.25, 0.3) is 0 Å². The zero-order valence-corrected chi connectivity index (χ0v) is 16.9. The minimum absolute atomic E-state index is 0.0547. The Hall–Kier alpha value is -1.28. The Kier molecular flexibility index (Phi) is 6.80. The number of anilines is 1. The van der Waals surface area contributed by atoms with Gasteiger partial charge in [0.2, 0.25) is 0 Å². The number of aliphatic hydroxyl groups is 1. The average molecular weight is 379 g/mol. The van der Waals surface area contributed by atoms with Gasteiger partial charge in [-0.1, -0.05) is 6.92 Å². The lowest BCUT2D eigenvalue weighted by Gasteiger charge is -2.29. The Morgan fingerprint density at radius 3 is 2.73 bits per heavy atom. The second-order valence-electron chi connectivity index (χ2n) is 7.17. The third-order valence-electron chi connectivity index (χ3n) is 5.09. The molecule has 0 unspecified atom stereocenters. The predicted molar refractivity (Wildman–Crippen MR) is 107 cm³/mol. The summed E-state index contributed by atoms with van der Waals surface area (Å²) in [7, 11) is 0. The van der Waals surface area contributed by atoms with Crippen LogP contribution in [0.4, 0.5) is 5.82 Å². The Labute approximate surface area is 159 Å². The molecule has 1 fully saturated rings. The van der Waals surface area contributed by atoms with Crippen LogP contribution < -0.4 is 5.32 Å². The van der Waals surface area contributed by atoms with Gasteiger partial charge < -0.3 is 15.2 Å². The molecule has 0 aromatic carbocycles. The van der Waals surface area contributed by atoms with Crippen molar-refractivity contribution in [2.45, 2.75) is 40.2 Å². The second kappa shape index (κ2) is 9.08. The molecule has 2 aromatic rings. The smallest absolute Gasteiger partial charge is 0.146 e. The molecule has 0 aliphatic carbocycles. The molecule has 0 spiro atoms. The van der Waals surface area contributed by atoms with Crippen LogP contribution in [-0.4, -0.2) is 59.4 Å². The number of aromatic nitrogens is 2. The molecule has 3 heterocycles. The third-order valence-corrected chi connectivity index (χ3v) is 6.19. The van der Waals surface area contributed by atoms with Crippen LogP contribution >= 0.6 is 11.3 Å². The van der Waals surface area contributed by atoms with Crippen molar-refractivity contribution in [3.05, 3.63) is 16.3 Å². The van der Waals surface area contributed by atoms with E-state index in [2.05, 4.69) is 31.0 Å². The highest BCUT2D eigenvalue weighted by molar-refractivity contribution is 7.18. The van der Waals surface area contributed by atoms with Crippen LogP contribution in [0.3, 0.4) is 0 Å². The van der Waals surface area contributed by atoms with Gasteiger partial charge in [-0.2, -0.15) is 0 Å². The van der Waals surface area contributed by atoms with E-state index in [9.17, 15) is 0 Å². The maximum Gasteiger partial charge on any atom is 0.146 e. The number of aliphatic hydroxyl groups excluding tert-OH is 1. The van der Waals surface area contributed by atoms with E-state index in [0.717, 1.165) is 47.4 Å². The second-order valence-corrected chi connectivity index (χ2v) is 8.38. The summed E-state index contributed by atoms with van der Waals surface area (Å²) in [6, 6.07) is 0. The number of hydrogen-bond donors (Lipinski definition) is 2. The van der Waals surface area contributed by atoms with Gasteiger partial charge in [0, 0.05) is 11.4 Å². The van der Waals surface area contributed by atoms with Crippen molar-refractivity contribution in [1.29, 1.82) is 0 Å². The summed E-state index contributed by atoms with van der Waals surface area (Å²) < 4.78 is 5.35. The lowest BCUT2D eigenvalue weighted by molar-refractivity contribution is 0.0992. The van der Waals surface area contributed by atoms with Crippen LogP contribution in [0.15, 0.2) is 0 Å². The van der Waals surface area contributed by atoms with Crippen LogP contribution in [0.5, 0.6) is 0 Å². The first-order valence-corrected chi connectivity index (χ1v) is 10.3. The first-order valence-electron chi connectivity index (χ1n) is 9.50. The Morgan fingerprint density at radius 1 is 1.23 bits per heavy atom. The SMILES string of the molecule is Cc1sc2nc(CN3CCC(C)CC3)nc(NCCOCCO)c2c1C. The Bertz CT molecular complexity index is 726. The van der Waals surface area contributed by atoms with E-state index in [0.29, 0.717) is 19.8 Å². The molecule has 144 valence electrons. The van der Waals surface area contributed by atoms with Crippen molar-refractivity contribution in [2.75, 3.05) is 44.8 Å². The van der Waals surface area contributed by atoms with Crippen molar-refractivity contribution >= 4 is 27.4 Å². The van der Waals surface area contributed by atoms with E-state index < -0.39 is 0 Å². The highest BCUT2D eigenvalue weighted by Crippen LogP contribution is 2.33. The van der Waals surface area contributed by atoms with Gasteiger partial charge in [0.15, 0.2) is 0 Å². The van der Waals surface area contributed by atoms with Crippen LogP contribution in [-0.2, 0) is 11.3 Å². The molecule has 1 saturated heterocycles. The normalized spacial score (nSPS) is 16.5. The van der Waals surface area contributed by atoms with E-state index in [1.165, 1.54) is 23.3 Å². The molecular formula is C19H30N4O2S. The number of rotatable bonds is 8. The molecule has 3 rings (SSSR count). The highest BCUT2D eigenvalue weighted by atomic mass is 32.1. The van der Waals surface area contributed by atoms with Gasteiger partial charge in [0.05, 0.1) is 31.8 Å². The fourth-order valence-corrected chi connectivity index (χ4v) is 4.37. The van der Waals surface area contributed by atoms with Crippen LogP contribution in [0.1, 0.15) is 36.0 Å². The zero-order valence-electron chi connectivity index (χ0n) is 16.0. The quantitative estimate of drug-likeness (QED) is 0.688. The number of likely N-dealkylation sites (tertiary alicyclic amines) is 1. The highest BCUT2D eigenvalue weighted by Gasteiger charge is 2.19. The molecule has 2 N–H and O–H groups in total. The maximum absolute atomic E-state index is 8.80. The maximum atomic E-state index is 8.80. The Balaban J connectivity index is 1.76. The van der Waals surface area contributed by atoms with Gasteiger partial charge >= 0.3 is 0 Å². The molecule has 2 aromatic heterocycles. The van der Waals surface area contributed by atoms with Gasteiger partial charge in [-0.3, -0.25) is 4.90 Å². The summed E-state index contributed by atoms with van der Waals surface area (Å²) in [5.74, 6) is 2.63. The summed E-state index contributed by atoms with van der Waals surface area (Å²) in [5.41, 5.74) is 1.25. The van der Waals surface area contributed by atoms with Crippen molar-refractivity contribution in [3.63, 3.8) is 0 Å². The first-order chi connectivity index (χ1) is 12.6. The summed E-state index contributed by atoms with van der Waals surface area (Å²) >= 11 is 1.74. The summed E-state index contributed by atoms with van der Waals surface area (Å²) in [4.78, 5) is 14.5. The number of hydrogen-bond acceptors (Lipinski definition) is 7. The number of fused-ring (bicyclic) bond motifs is 1. The number of aryl methyl sites for hydroxylation is 2. The third kappa shape index (κ3) is 4.71. The lowest BCUT2D eigenvalue weighted by Crippen LogP contribution is -2.33. The topological polar surface area (TPSA) is 70.5 Å². The molecule has 0 saturated carbocycles. The van der Waals surface area contributed by atoms with E-state index in [-0.39, 0.29) is 6.61 Å². The minimum atomic E-state index is 0.0547. The standard InChI is InChI=1S/C19H30N4O2S/c1-13-4-7-23(8-5-13)12-16-21-18(20-6-10-25-11-9-24)17-14(2)15(3)26-19(17)22-16/h13,24H,4-12H2,1-3H3,(H,20,21,22). The van der Waals surface area contributed by atoms with E-state index >= 15 is 0 Å². The molecule has 26 heavy (non-hydrogen) atoms. The molecule has 0 radical (unpaired) electrons. The molecule has 6 nitrogen and oxygen atoms in total. The number of thiophene rings is 1. The lowest BCUT2D eigenvalue weighted by atomic mass is 9.99. The van der Waals surface area contributed by atoms with Gasteiger partial charge in [0.1, 0.15) is 16.5 Å². The van der Waals surface area contributed by atoms with E-state index in [4.69, 9.17) is 19.8 Å². The van der Waals surface area contributed by atoms with Crippen LogP contribution in [0.2, 0.25) is 0 Å². The van der Waals surface area contributed by atoms with Crippen molar-refractivity contribution in [1.82, 2.24) is 14.9 Å². The van der Waals surface area contributed by atoms with Crippen LogP contribution in [0.25, 0.3) is 10.2 Å². The van der Waals surface area contributed by atoms with Gasteiger partial charge in [-0.05, 0) is 51.3 Å². The van der Waals surface area contributed by atoms with Crippen molar-refractivity contribution < 1.29 is 9.84 Å². The minimum Gasteiger partial charge on any atom is -0.394 e. The molecule has 0 atom stereocenters. The first kappa shape index (κ1) is 19.5. The van der Waals surface area contributed by atoms with Crippen LogP contribution in [0, 0.1) is 19.8 Å². The number of nitrogens with zero attached hydrogens (tertiary/aromatic N) is 3. The van der Waals surface area contributed by atoms with Crippen molar-refractivity contribution in [2.24, 2.45) is 5.92 Å². The Morgan fingerprint density at radius 2 is 2.00 bits per heavy atom. The number of piperidine rings is 1. The van der Waals surface area contributed by atoms with Gasteiger partial charge in [-0.15, -0.1) is 11.3 Å². The fraction of sp³-hybridized carbons (Fsp3) is 0.684. The largest absolute Gasteiger partial charge is 0.394 e. The van der Waals surface area contributed by atoms with E-state index in [1.807, 2.05) is 0 Å². The van der Waals surface area contributed by atoms with E-state index in [1.54, 1.807) is 11.3 Å². The molecular weight excluding hydrogens is 348 g/mol. The summed E-state index contributed by atoms with van der Waals surface area (Å²) in [5, 5.41) is 13.3. The summed E-state index contributed by atoms with van der Waals surface area (Å²) in [6.45, 7) is 11.3. The monoisotopic (exact) mass is 378 g/mol. The molecule has 1 aliphatic rings. The summed E-state index contributed by atoms with van der Waals surface area (Å²) in [6.07, 6.45) is 2.51. The van der Waals surface area contributed by atoms with Gasteiger partial charge in [-0.25, -0.2) is 9.97 Å². The number of ether oxygens (including phenoxy) is 1. The molecule has 1 aliphatic heterocycles. The molecule has 0 amide bonds. The zero-order chi connectivity index (χ0) is 18.5. The average Bonchev–Trinajstić information content (AvgIpc) is 2.91. The molecule has 7 heteroatoms. The molecule has 0 bridgehead atoms. The predicted octanol–water partition coefficient (Wildman–Crippen LogP) is 2.96.